The van der Waals surface area contributed by atoms with E-state index in [0.717, 1.165) is 24.9 Å². The quantitative estimate of drug-likeness (QED) is 0.826. The molecule has 1 aliphatic heterocycles. The van der Waals surface area contributed by atoms with Gasteiger partial charge in [0.1, 0.15) is 0 Å². The SMILES string of the molecule is O=C(NCC(=O)N(Cc1ccccc1)CC1CCC1)C1CCOCC1. The summed E-state index contributed by atoms with van der Waals surface area (Å²) in [7, 11) is 0. The Labute approximate surface area is 149 Å². The van der Waals surface area contributed by atoms with Gasteiger partial charge in [-0.2, -0.15) is 0 Å². The molecule has 1 saturated heterocycles. The Bertz CT molecular complexity index is 566. The fourth-order valence-electron chi connectivity index (χ4n) is 3.42. The van der Waals surface area contributed by atoms with E-state index in [2.05, 4.69) is 5.32 Å². The molecule has 1 aliphatic carbocycles. The highest BCUT2D eigenvalue weighted by Gasteiger charge is 2.25. The summed E-state index contributed by atoms with van der Waals surface area (Å²) in [5.74, 6) is 0.589. The smallest absolute Gasteiger partial charge is 0.242 e. The largest absolute Gasteiger partial charge is 0.381 e. The van der Waals surface area contributed by atoms with Gasteiger partial charge in [0.25, 0.3) is 0 Å². The fourth-order valence-corrected chi connectivity index (χ4v) is 3.42. The first-order chi connectivity index (χ1) is 12.2. The molecular formula is C20H28N2O3. The molecular weight excluding hydrogens is 316 g/mol. The topological polar surface area (TPSA) is 58.6 Å². The Hall–Kier alpha value is -1.88. The molecule has 3 rings (SSSR count). The van der Waals surface area contributed by atoms with Gasteiger partial charge in [0, 0.05) is 32.2 Å². The molecule has 5 nitrogen and oxygen atoms in total. The van der Waals surface area contributed by atoms with Crippen LogP contribution in [0.2, 0.25) is 0 Å². The molecule has 0 bridgehead atoms. The molecule has 0 atom stereocenters. The van der Waals surface area contributed by atoms with Crippen molar-refractivity contribution in [2.45, 2.75) is 38.6 Å². The van der Waals surface area contributed by atoms with E-state index in [1.165, 1.54) is 19.3 Å². The number of hydrogen-bond acceptors (Lipinski definition) is 3. The maximum Gasteiger partial charge on any atom is 0.242 e. The highest BCUT2D eigenvalue weighted by Crippen LogP contribution is 2.27. The van der Waals surface area contributed by atoms with Crippen molar-refractivity contribution in [1.82, 2.24) is 10.2 Å². The normalized spacial score (nSPS) is 18.4. The molecule has 2 fully saturated rings. The molecule has 0 aromatic heterocycles. The number of amides is 2. The van der Waals surface area contributed by atoms with E-state index in [1.54, 1.807) is 0 Å². The van der Waals surface area contributed by atoms with Crippen molar-refractivity contribution in [3.8, 4) is 0 Å². The van der Waals surface area contributed by atoms with Crippen LogP contribution in [0.15, 0.2) is 30.3 Å². The highest BCUT2D eigenvalue weighted by molar-refractivity contribution is 5.85. The highest BCUT2D eigenvalue weighted by atomic mass is 16.5. The summed E-state index contributed by atoms with van der Waals surface area (Å²) in [6, 6.07) is 10.1. The van der Waals surface area contributed by atoms with Gasteiger partial charge >= 0.3 is 0 Å². The maximum atomic E-state index is 12.7. The second-order valence-corrected chi connectivity index (χ2v) is 7.16. The summed E-state index contributed by atoms with van der Waals surface area (Å²) in [5.41, 5.74) is 1.13. The van der Waals surface area contributed by atoms with Crippen molar-refractivity contribution in [2.24, 2.45) is 11.8 Å². The Balaban J connectivity index is 1.53. The predicted molar refractivity (Wildman–Crippen MR) is 95.8 cm³/mol. The van der Waals surface area contributed by atoms with Crippen molar-refractivity contribution >= 4 is 11.8 Å². The van der Waals surface area contributed by atoms with Crippen LogP contribution in [0, 0.1) is 11.8 Å². The summed E-state index contributed by atoms with van der Waals surface area (Å²) < 4.78 is 5.29. The third-order valence-corrected chi connectivity index (χ3v) is 5.28. The molecule has 1 N–H and O–H groups in total. The number of ether oxygens (including phenoxy) is 1. The van der Waals surface area contributed by atoms with Gasteiger partial charge in [-0.25, -0.2) is 0 Å². The number of carbonyl (C=O) groups excluding carboxylic acids is 2. The summed E-state index contributed by atoms with van der Waals surface area (Å²) in [6.45, 7) is 2.77. The van der Waals surface area contributed by atoms with E-state index < -0.39 is 0 Å². The van der Waals surface area contributed by atoms with Crippen LogP contribution in [-0.2, 0) is 20.9 Å². The van der Waals surface area contributed by atoms with Crippen molar-refractivity contribution in [3.63, 3.8) is 0 Å². The van der Waals surface area contributed by atoms with Gasteiger partial charge in [-0.05, 0) is 37.2 Å². The number of rotatable bonds is 7. The maximum absolute atomic E-state index is 12.7. The molecule has 1 aromatic carbocycles. The minimum absolute atomic E-state index is 0.0103. The van der Waals surface area contributed by atoms with Gasteiger partial charge in [0.2, 0.25) is 11.8 Å². The first-order valence-electron chi connectivity index (χ1n) is 9.39. The summed E-state index contributed by atoms with van der Waals surface area (Å²) in [4.78, 5) is 26.8. The second kappa shape index (κ2) is 8.99. The van der Waals surface area contributed by atoms with Crippen LogP contribution in [0.3, 0.4) is 0 Å². The lowest BCUT2D eigenvalue weighted by Crippen LogP contribution is -2.44. The van der Waals surface area contributed by atoms with Crippen LogP contribution < -0.4 is 5.32 Å². The van der Waals surface area contributed by atoms with Gasteiger partial charge in [0.15, 0.2) is 0 Å². The Morgan fingerprint density at radius 3 is 2.44 bits per heavy atom. The summed E-state index contributed by atoms with van der Waals surface area (Å²) in [5, 5.41) is 2.84. The lowest BCUT2D eigenvalue weighted by Gasteiger charge is -2.33. The Morgan fingerprint density at radius 1 is 1.08 bits per heavy atom. The van der Waals surface area contributed by atoms with E-state index in [0.29, 0.717) is 25.7 Å². The van der Waals surface area contributed by atoms with Gasteiger partial charge in [-0.1, -0.05) is 36.8 Å². The lowest BCUT2D eigenvalue weighted by atomic mass is 9.85. The zero-order chi connectivity index (χ0) is 17.5. The minimum Gasteiger partial charge on any atom is -0.381 e. The van der Waals surface area contributed by atoms with Crippen LogP contribution in [0.1, 0.15) is 37.7 Å². The third-order valence-electron chi connectivity index (χ3n) is 5.28. The molecule has 0 unspecified atom stereocenters. The monoisotopic (exact) mass is 344 g/mol. The average Bonchev–Trinajstić information content (AvgIpc) is 2.63. The number of nitrogens with one attached hydrogen (secondary N) is 1. The molecule has 2 amide bonds. The van der Waals surface area contributed by atoms with Crippen molar-refractivity contribution in [3.05, 3.63) is 35.9 Å². The van der Waals surface area contributed by atoms with E-state index in [9.17, 15) is 9.59 Å². The number of nitrogens with zero attached hydrogens (tertiary/aromatic N) is 1. The Kier molecular flexibility index (Phi) is 6.45. The lowest BCUT2D eigenvalue weighted by molar-refractivity contribution is -0.136. The number of benzene rings is 1. The molecule has 1 saturated carbocycles. The molecule has 1 aromatic rings. The summed E-state index contributed by atoms with van der Waals surface area (Å²) in [6.07, 6.45) is 5.16. The van der Waals surface area contributed by atoms with Crippen LogP contribution >= 0.6 is 0 Å². The predicted octanol–water partition coefficient (Wildman–Crippen LogP) is 2.36. The molecule has 25 heavy (non-hydrogen) atoms. The number of hydrogen-bond donors (Lipinski definition) is 1. The Morgan fingerprint density at radius 2 is 1.80 bits per heavy atom. The van der Waals surface area contributed by atoms with Gasteiger partial charge in [0.05, 0.1) is 6.54 Å². The van der Waals surface area contributed by atoms with Crippen molar-refractivity contribution in [2.75, 3.05) is 26.3 Å². The van der Waals surface area contributed by atoms with E-state index >= 15 is 0 Å². The number of carbonyl (C=O) groups is 2. The van der Waals surface area contributed by atoms with E-state index in [4.69, 9.17) is 4.74 Å². The van der Waals surface area contributed by atoms with E-state index in [1.807, 2.05) is 35.2 Å². The van der Waals surface area contributed by atoms with Gasteiger partial charge in [-0.3, -0.25) is 9.59 Å². The third kappa shape index (κ3) is 5.30. The van der Waals surface area contributed by atoms with Crippen LogP contribution in [0.25, 0.3) is 0 Å². The molecule has 0 radical (unpaired) electrons. The first-order valence-corrected chi connectivity index (χ1v) is 9.39. The molecule has 1 heterocycles. The molecule has 2 aliphatic rings. The molecule has 136 valence electrons. The molecule has 5 heteroatoms. The van der Waals surface area contributed by atoms with Gasteiger partial charge < -0.3 is 15.0 Å². The van der Waals surface area contributed by atoms with Crippen molar-refractivity contribution in [1.29, 1.82) is 0 Å². The van der Waals surface area contributed by atoms with Crippen molar-refractivity contribution < 1.29 is 14.3 Å². The zero-order valence-corrected chi connectivity index (χ0v) is 14.8. The zero-order valence-electron chi connectivity index (χ0n) is 14.8. The fraction of sp³-hybridized carbons (Fsp3) is 0.600. The van der Waals surface area contributed by atoms with Crippen LogP contribution in [0.5, 0.6) is 0 Å². The van der Waals surface area contributed by atoms with Crippen LogP contribution in [-0.4, -0.2) is 43.0 Å². The summed E-state index contributed by atoms with van der Waals surface area (Å²) >= 11 is 0. The second-order valence-electron chi connectivity index (χ2n) is 7.16. The van der Waals surface area contributed by atoms with Gasteiger partial charge in [-0.15, -0.1) is 0 Å². The van der Waals surface area contributed by atoms with Crippen LogP contribution in [0.4, 0.5) is 0 Å². The first kappa shape index (κ1) is 17.9. The average molecular weight is 344 g/mol. The molecule has 0 spiro atoms. The van der Waals surface area contributed by atoms with E-state index in [-0.39, 0.29) is 24.3 Å². The standard InChI is InChI=1S/C20H28N2O3/c23-19(13-21-20(24)18-9-11-25-12-10-18)22(15-17-7-4-8-17)14-16-5-2-1-3-6-16/h1-3,5-6,17-18H,4,7-15H2,(H,21,24). The minimum atomic E-state index is -0.0178.